The van der Waals surface area contributed by atoms with Crippen LogP contribution in [0.1, 0.15) is 27.2 Å². The molecule has 0 fully saturated rings. The molecule has 0 aromatic heterocycles. The zero-order valence-corrected chi connectivity index (χ0v) is 20.0. The third-order valence-electron chi connectivity index (χ3n) is 4.66. The summed E-state index contributed by atoms with van der Waals surface area (Å²) in [6.07, 6.45) is 0.839. The van der Waals surface area contributed by atoms with Crippen molar-refractivity contribution >= 4 is 33.1 Å². The molecule has 0 amide bonds. The Labute approximate surface area is 172 Å². The Morgan fingerprint density at radius 3 is 1.75 bits per heavy atom. The van der Waals surface area contributed by atoms with Crippen molar-refractivity contribution in [3.8, 4) is 11.5 Å². The smallest absolute Gasteiger partial charge is 0.262 e. The van der Waals surface area contributed by atoms with Crippen LogP contribution < -0.4 is 10.4 Å². The van der Waals surface area contributed by atoms with Crippen LogP contribution in [0.4, 0.5) is 0 Å². The van der Waals surface area contributed by atoms with Gasteiger partial charge in [-0.3, -0.25) is 0 Å². The quantitative estimate of drug-likeness (QED) is 0.402. The maximum Gasteiger partial charge on any atom is 0.262 e. The average Bonchev–Trinajstić information content (AvgIpc) is 2.64. The Morgan fingerprint density at radius 1 is 0.929 bits per heavy atom. The van der Waals surface area contributed by atoms with E-state index in [-0.39, 0.29) is 5.04 Å². The molecule has 1 atom stereocenters. The molecular weight excluding hydrogens is 376 g/mol. The predicted octanol–water partition coefficient (Wildman–Crippen LogP) is 4.40. The Hall–Kier alpha value is -1.94. The van der Waals surface area contributed by atoms with Crippen LogP contribution in [0.25, 0.3) is 0 Å². The number of carbonyl (C=O) groups is 1. The summed E-state index contributed by atoms with van der Waals surface area (Å²) in [7, 11) is -4.20. The molecule has 2 aromatic rings. The highest BCUT2D eigenvalue weighted by molar-refractivity contribution is 6.99. The standard InChI is InChI=1S/C24H32O2Si2/c1-24(2,3)28(22-15-9-7-10-16-22,23-17-11-8-12-18-23)26-21(20-25)14-13-19-27(4,5)6/h7-12,15-18,20-21H,14H2,1-6H3. The summed E-state index contributed by atoms with van der Waals surface area (Å²) in [5, 5.41) is 2.21. The monoisotopic (exact) mass is 408 g/mol. The fourth-order valence-electron chi connectivity index (χ4n) is 3.45. The molecule has 0 saturated heterocycles. The van der Waals surface area contributed by atoms with Crippen LogP contribution in [-0.4, -0.2) is 28.8 Å². The fraction of sp³-hybridized carbons (Fsp3) is 0.375. The fourth-order valence-corrected chi connectivity index (χ4v) is 8.69. The first-order valence-electron chi connectivity index (χ1n) is 9.84. The van der Waals surface area contributed by atoms with Gasteiger partial charge in [0.1, 0.15) is 20.5 Å². The number of carbonyl (C=O) groups excluding carboxylic acids is 1. The summed E-state index contributed by atoms with van der Waals surface area (Å²) in [4.78, 5) is 12.0. The highest BCUT2D eigenvalue weighted by atomic mass is 28.4. The number of hydrogen-bond donors (Lipinski definition) is 0. The predicted molar refractivity (Wildman–Crippen MR) is 124 cm³/mol. The van der Waals surface area contributed by atoms with E-state index in [4.69, 9.17) is 4.43 Å². The molecule has 0 N–H and O–H groups in total. The third-order valence-corrected chi connectivity index (χ3v) is 10.7. The van der Waals surface area contributed by atoms with Crippen LogP contribution >= 0.6 is 0 Å². The summed E-state index contributed by atoms with van der Waals surface area (Å²) < 4.78 is 6.82. The molecule has 2 nitrogen and oxygen atoms in total. The summed E-state index contributed by atoms with van der Waals surface area (Å²) in [6, 6.07) is 20.8. The first-order valence-corrected chi connectivity index (χ1v) is 15.3. The van der Waals surface area contributed by atoms with E-state index in [9.17, 15) is 4.79 Å². The second-order valence-corrected chi connectivity index (χ2v) is 18.2. The molecule has 2 aromatic carbocycles. The van der Waals surface area contributed by atoms with E-state index < -0.39 is 22.5 Å². The molecule has 0 aliphatic heterocycles. The highest BCUT2D eigenvalue weighted by Crippen LogP contribution is 2.37. The zero-order chi connectivity index (χ0) is 20.8. The SMILES string of the molecule is CC(C)(C)[Si](OC(C=O)CC#C[Si](C)(C)C)(c1ccccc1)c1ccccc1. The molecular formula is C24H32O2Si2. The van der Waals surface area contributed by atoms with E-state index >= 15 is 0 Å². The minimum Gasteiger partial charge on any atom is -0.397 e. The van der Waals surface area contributed by atoms with Crippen molar-refractivity contribution in [2.75, 3.05) is 0 Å². The van der Waals surface area contributed by atoms with E-state index in [1.54, 1.807) is 0 Å². The van der Waals surface area contributed by atoms with E-state index in [2.05, 4.69) is 100 Å². The van der Waals surface area contributed by atoms with Crippen LogP contribution in [0.5, 0.6) is 0 Å². The third kappa shape index (κ3) is 5.32. The van der Waals surface area contributed by atoms with Gasteiger partial charge in [0.15, 0.2) is 0 Å². The molecule has 28 heavy (non-hydrogen) atoms. The first-order chi connectivity index (χ1) is 13.1. The van der Waals surface area contributed by atoms with E-state index in [0.717, 1.165) is 6.29 Å². The van der Waals surface area contributed by atoms with Crippen LogP contribution in [0.2, 0.25) is 24.7 Å². The zero-order valence-electron chi connectivity index (χ0n) is 18.0. The topological polar surface area (TPSA) is 26.3 Å². The van der Waals surface area contributed by atoms with Gasteiger partial charge in [0.05, 0.1) is 0 Å². The molecule has 1 unspecified atom stereocenters. The van der Waals surface area contributed by atoms with E-state index in [1.807, 2.05) is 12.1 Å². The molecule has 148 valence electrons. The van der Waals surface area contributed by atoms with Crippen molar-refractivity contribution in [1.29, 1.82) is 0 Å². The average molecular weight is 409 g/mol. The molecule has 0 radical (unpaired) electrons. The molecule has 4 heteroatoms. The second-order valence-electron chi connectivity index (χ2n) is 9.21. The van der Waals surface area contributed by atoms with Crippen molar-refractivity contribution in [1.82, 2.24) is 0 Å². The van der Waals surface area contributed by atoms with Crippen molar-refractivity contribution < 1.29 is 9.22 Å². The maximum absolute atomic E-state index is 12.0. The molecule has 0 saturated carbocycles. The molecule has 0 bridgehead atoms. The first kappa shape index (κ1) is 22.4. The maximum atomic E-state index is 12.0. The molecule has 0 heterocycles. The van der Waals surface area contributed by atoms with Crippen molar-refractivity contribution in [3.63, 3.8) is 0 Å². The summed E-state index contributed by atoms with van der Waals surface area (Å²) in [5.41, 5.74) is 3.36. The van der Waals surface area contributed by atoms with Gasteiger partial charge in [-0.2, -0.15) is 0 Å². The van der Waals surface area contributed by atoms with Gasteiger partial charge in [0.2, 0.25) is 0 Å². The lowest BCUT2D eigenvalue weighted by molar-refractivity contribution is -0.113. The Bertz CT molecular complexity index is 783. The Morgan fingerprint density at radius 2 is 1.39 bits per heavy atom. The lowest BCUT2D eigenvalue weighted by Gasteiger charge is -2.44. The molecule has 0 spiro atoms. The minimum absolute atomic E-state index is 0.150. The van der Waals surface area contributed by atoms with Crippen LogP contribution in [0, 0.1) is 11.5 Å². The lowest BCUT2D eigenvalue weighted by atomic mass is 10.2. The molecule has 2 rings (SSSR count). The van der Waals surface area contributed by atoms with E-state index in [0.29, 0.717) is 6.42 Å². The summed E-state index contributed by atoms with van der Waals surface area (Å²) in [6.45, 7) is 13.3. The van der Waals surface area contributed by atoms with Gasteiger partial charge < -0.3 is 9.22 Å². The number of hydrogen-bond acceptors (Lipinski definition) is 2. The van der Waals surface area contributed by atoms with Gasteiger partial charge in [-0.25, -0.2) is 0 Å². The van der Waals surface area contributed by atoms with Gasteiger partial charge in [-0.1, -0.05) is 101 Å². The second kappa shape index (κ2) is 9.04. The van der Waals surface area contributed by atoms with Crippen LogP contribution in [-0.2, 0) is 9.22 Å². The van der Waals surface area contributed by atoms with E-state index in [1.165, 1.54) is 10.4 Å². The number of benzene rings is 2. The van der Waals surface area contributed by atoms with Gasteiger partial charge in [0, 0.05) is 6.42 Å². The lowest BCUT2D eigenvalue weighted by Crippen LogP contribution is -2.67. The Balaban J connectivity index is 2.57. The largest absolute Gasteiger partial charge is 0.397 e. The van der Waals surface area contributed by atoms with Crippen molar-refractivity contribution in [3.05, 3.63) is 60.7 Å². The molecule has 0 aliphatic carbocycles. The van der Waals surface area contributed by atoms with Crippen LogP contribution in [0.3, 0.4) is 0 Å². The number of aldehydes is 1. The van der Waals surface area contributed by atoms with Gasteiger partial charge >= 0.3 is 0 Å². The van der Waals surface area contributed by atoms with Crippen molar-refractivity contribution in [2.24, 2.45) is 0 Å². The van der Waals surface area contributed by atoms with Crippen molar-refractivity contribution in [2.45, 2.75) is 58.0 Å². The number of rotatable bonds is 6. The summed E-state index contributed by atoms with van der Waals surface area (Å²) >= 11 is 0. The molecule has 0 aliphatic rings. The summed E-state index contributed by atoms with van der Waals surface area (Å²) in [5.74, 6) is 3.23. The Kier molecular flexibility index (Phi) is 7.22. The van der Waals surface area contributed by atoms with Gasteiger partial charge in [-0.05, 0) is 15.4 Å². The van der Waals surface area contributed by atoms with Gasteiger partial charge in [-0.15, -0.1) is 11.5 Å². The van der Waals surface area contributed by atoms with Gasteiger partial charge in [0.25, 0.3) is 8.32 Å². The normalized spacial score (nSPS) is 13.4. The highest BCUT2D eigenvalue weighted by Gasteiger charge is 2.51. The minimum atomic E-state index is -2.72. The van der Waals surface area contributed by atoms with Crippen LogP contribution in [0.15, 0.2) is 60.7 Å².